The zero-order valence-corrected chi connectivity index (χ0v) is 21.1. The van der Waals surface area contributed by atoms with E-state index in [1.807, 2.05) is 19.1 Å². The standard InChI is InChI=1S/C23H21BrClNO6S/c1-3-30-18-10-15(9-17(24)21(18)32-13-14-5-7-16(25)8-6-14)11-19-22(28)26(23(29)33-19)12-20(27)31-4-2/h5-11H,3-4,12-13H2,1-2H3/b19-11-. The van der Waals surface area contributed by atoms with E-state index in [1.165, 1.54) is 0 Å². The van der Waals surface area contributed by atoms with E-state index < -0.39 is 23.7 Å². The van der Waals surface area contributed by atoms with Crippen LogP contribution in [0.5, 0.6) is 11.5 Å². The van der Waals surface area contributed by atoms with Gasteiger partial charge in [-0.2, -0.15) is 0 Å². The largest absolute Gasteiger partial charge is 0.490 e. The predicted molar refractivity (Wildman–Crippen MR) is 130 cm³/mol. The third kappa shape index (κ3) is 6.52. The third-order valence-electron chi connectivity index (χ3n) is 4.39. The zero-order chi connectivity index (χ0) is 24.0. The summed E-state index contributed by atoms with van der Waals surface area (Å²) in [7, 11) is 0. The average molecular weight is 555 g/mol. The number of halogens is 2. The highest BCUT2D eigenvalue weighted by molar-refractivity contribution is 9.10. The molecule has 1 heterocycles. The Balaban J connectivity index is 1.81. The summed E-state index contributed by atoms with van der Waals surface area (Å²) in [5.74, 6) is -0.183. The minimum atomic E-state index is -0.635. The monoisotopic (exact) mass is 553 g/mol. The lowest BCUT2D eigenvalue weighted by molar-refractivity contribution is -0.145. The van der Waals surface area contributed by atoms with Crippen molar-refractivity contribution in [1.29, 1.82) is 0 Å². The molecule has 10 heteroatoms. The van der Waals surface area contributed by atoms with Gasteiger partial charge < -0.3 is 14.2 Å². The molecule has 0 saturated carbocycles. The number of imide groups is 1. The molecule has 2 aromatic carbocycles. The van der Waals surface area contributed by atoms with Gasteiger partial charge in [-0.1, -0.05) is 23.7 Å². The van der Waals surface area contributed by atoms with Gasteiger partial charge >= 0.3 is 5.97 Å². The summed E-state index contributed by atoms with van der Waals surface area (Å²) < 4.78 is 17.2. The van der Waals surface area contributed by atoms with Crippen molar-refractivity contribution in [2.75, 3.05) is 19.8 Å². The number of benzene rings is 2. The highest BCUT2D eigenvalue weighted by atomic mass is 79.9. The van der Waals surface area contributed by atoms with Crippen molar-refractivity contribution in [2.24, 2.45) is 0 Å². The Morgan fingerprint density at radius 2 is 1.85 bits per heavy atom. The maximum Gasteiger partial charge on any atom is 0.326 e. The van der Waals surface area contributed by atoms with Crippen LogP contribution in [0.15, 0.2) is 45.8 Å². The summed E-state index contributed by atoms with van der Waals surface area (Å²) in [5, 5.41) is 0.122. The molecule has 0 aromatic heterocycles. The van der Waals surface area contributed by atoms with Crippen LogP contribution in [0.2, 0.25) is 5.02 Å². The molecule has 1 aliphatic heterocycles. The molecule has 0 atom stereocenters. The maximum atomic E-state index is 12.6. The van der Waals surface area contributed by atoms with Crippen molar-refractivity contribution in [3.05, 3.63) is 61.9 Å². The van der Waals surface area contributed by atoms with E-state index >= 15 is 0 Å². The van der Waals surface area contributed by atoms with Crippen LogP contribution in [-0.4, -0.2) is 41.8 Å². The molecule has 0 N–H and O–H groups in total. The van der Waals surface area contributed by atoms with Crippen LogP contribution in [0.25, 0.3) is 6.08 Å². The van der Waals surface area contributed by atoms with Crippen LogP contribution >= 0.6 is 39.3 Å². The number of carbonyl (C=O) groups is 3. The number of hydrogen-bond acceptors (Lipinski definition) is 7. The lowest BCUT2D eigenvalue weighted by Gasteiger charge is -2.15. The molecule has 2 aromatic rings. The van der Waals surface area contributed by atoms with Gasteiger partial charge in [-0.05, 0) is 83.0 Å². The minimum absolute atomic E-state index is 0.172. The number of esters is 1. The topological polar surface area (TPSA) is 82.1 Å². The van der Waals surface area contributed by atoms with Crippen LogP contribution in [-0.2, 0) is 20.9 Å². The van der Waals surface area contributed by atoms with E-state index in [2.05, 4.69) is 15.9 Å². The Bertz CT molecular complexity index is 1090. The molecule has 0 bridgehead atoms. The van der Waals surface area contributed by atoms with Crippen molar-refractivity contribution >= 4 is 62.5 Å². The Hall–Kier alpha value is -2.49. The third-order valence-corrected chi connectivity index (χ3v) is 6.14. The molecule has 0 aliphatic carbocycles. The first-order chi connectivity index (χ1) is 15.8. The van der Waals surface area contributed by atoms with Crippen LogP contribution in [0.4, 0.5) is 4.79 Å². The van der Waals surface area contributed by atoms with Crippen LogP contribution in [0.3, 0.4) is 0 Å². The second-order valence-electron chi connectivity index (χ2n) is 6.75. The maximum absolute atomic E-state index is 12.6. The Kier molecular flexibility index (Phi) is 8.82. The average Bonchev–Trinajstić information content (AvgIpc) is 3.02. The molecule has 7 nitrogen and oxygen atoms in total. The summed E-state index contributed by atoms with van der Waals surface area (Å²) in [6.07, 6.45) is 1.58. The highest BCUT2D eigenvalue weighted by Crippen LogP contribution is 2.39. The minimum Gasteiger partial charge on any atom is -0.490 e. The number of ether oxygens (including phenoxy) is 3. The van der Waals surface area contributed by atoms with Gasteiger partial charge in [-0.25, -0.2) is 0 Å². The van der Waals surface area contributed by atoms with Gasteiger partial charge in [0.2, 0.25) is 0 Å². The van der Waals surface area contributed by atoms with Crippen molar-refractivity contribution in [3.8, 4) is 11.5 Å². The first-order valence-corrected chi connectivity index (χ1v) is 12.1. The summed E-state index contributed by atoms with van der Waals surface area (Å²) in [5.41, 5.74) is 1.57. The fourth-order valence-corrected chi connectivity index (χ4v) is 4.47. The van der Waals surface area contributed by atoms with Gasteiger partial charge in [-0.15, -0.1) is 0 Å². The van der Waals surface area contributed by atoms with Crippen LogP contribution in [0.1, 0.15) is 25.0 Å². The highest BCUT2D eigenvalue weighted by Gasteiger charge is 2.36. The van der Waals surface area contributed by atoms with Crippen molar-refractivity contribution in [3.63, 3.8) is 0 Å². The van der Waals surface area contributed by atoms with E-state index in [4.69, 9.17) is 25.8 Å². The van der Waals surface area contributed by atoms with Gasteiger partial charge in [0.1, 0.15) is 13.2 Å². The number of nitrogens with zero attached hydrogens (tertiary/aromatic N) is 1. The van der Waals surface area contributed by atoms with E-state index in [-0.39, 0.29) is 11.5 Å². The number of thioether (sulfide) groups is 1. The van der Waals surface area contributed by atoms with Gasteiger partial charge in [0.15, 0.2) is 11.5 Å². The van der Waals surface area contributed by atoms with E-state index in [1.54, 1.807) is 37.3 Å². The molecule has 2 amide bonds. The number of hydrogen-bond donors (Lipinski definition) is 0. The quantitative estimate of drug-likeness (QED) is 0.291. The number of amides is 2. The van der Waals surface area contributed by atoms with Gasteiger partial charge in [0.25, 0.3) is 11.1 Å². The molecule has 0 radical (unpaired) electrons. The molecule has 33 heavy (non-hydrogen) atoms. The Labute approximate surface area is 209 Å². The molecule has 1 saturated heterocycles. The molecule has 1 fully saturated rings. The smallest absolute Gasteiger partial charge is 0.326 e. The summed E-state index contributed by atoms with van der Waals surface area (Å²) >= 11 is 10.2. The molecule has 0 unspecified atom stereocenters. The first-order valence-electron chi connectivity index (χ1n) is 10.1. The Morgan fingerprint density at radius 3 is 2.52 bits per heavy atom. The van der Waals surface area contributed by atoms with Crippen molar-refractivity contribution in [1.82, 2.24) is 4.90 Å². The van der Waals surface area contributed by atoms with Crippen molar-refractivity contribution in [2.45, 2.75) is 20.5 Å². The van der Waals surface area contributed by atoms with Crippen molar-refractivity contribution < 1.29 is 28.6 Å². The van der Waals surface area contributed by atoms with E-state index in [0.717, 1.165) is 22.2 Å². The molecule has 0 spiro atoms. The second kappa shape index (κ2) is 11.6. The summed E-state index contributed by atoms with van der Waals surface area (Å²) in [6, 6.07) is 10.8. The lowest BCUT2D eigenvalue weighted by Crippen LogP contribution is -2.34. The van der Waals surface area contributed by atoms with E-state index in [9.17, 15) is 14.4 Å². The number of carbonyl (C=O) groups excluding carboxylic acids is 3. The van der Waals surface area contributed by atoms with Crippen LogP contribution in [0, 0.1) is 0 Å². The van der Waals surface area contributed by atoms with Gasteiger partial charge in [-0.3, -0.25) is 19.3 Å². The normalized spacial score (nSPS) is 14.7. The van der Waals surface area contributed by atoms with Crippen LogP contribution < -0.4 is 9.47 Å². The Morgan fingerprint density at radius 1 is 1.12 bits per heavy atom. The van der Waals surface area contributed by atoms with Gasteiger partial charge in [0.05, 0.1) is 22.6 Å². The molecule has 1 aliphatic rings. The first kappa shape index (κ1) is 25.1. The molecular weight excluding hydrogens is 534 g/mol. The molecule has 3 rings (SSSR count). The van der Waals surface area contributed by atoms with Gasteiger partial charge in [0, 0.05) is 5.02 Å². The zero-order valence-electron chi connectivity index (χ0n) is 17.9. The fourth-order valence-electron chi connectivity index (χ4n) is 2.93. The fraction of sp³-hybridized carbons (Fsp3) is 0.261. The SMILES string of the molecule is CCOC(=O)CN1C(=O)S/C(=C\c2cc(Br)c(OCc3ccc(Cl)cc3)c(OCC)c2)C1=O. The lowest BCUT2D eigenvalue weighted by atomic mass is 10.1. The molecular formula is C23H21BrClNO6S. The van der Waals surface area contributed by atoms with E-state index in [0.29, 0.717) is 39.8 Å². The second-order valence-corrected chi connectivity index (χ2v) is 9.03. The summed E-state index contributed by atoms with van der Waals surface area (Å²) in [4.78, 5) is 37.6. The summed E-state index contributed by atoms with van der Waals surface area (Å²) in [6.45, 7) is 3.98. The predicted octanol–water partition coefficient (Wildman–Crippen LogP) is 5.68. The molecule has 174 valence electrons. The number of rotatable bonds is 9.